The van der Waals surface area contributed by atoms with Gasteiger partial charge in [-0.1, -0.05) is 170 Å². The Morgan fingerprint density at radius 3 is 1.42 bits per heavy atom. The Balaban J connectivity index is 1.13. The number of nitrogens with zero attached hydrogens (tertiary/aromatic N) is 3. The van der Waals surface area contributed by atoms with E-state index in [0.29, 0.717) is 17.5 Å². The Morgan fingerprint density at radius 2 is 0.692 bits per heavy atom. The molecule has 3 nitrogen and oxygen atoms in total. The van der Waals surface area contributed by atoms with Crippen molar-refractivity contribution < 1.29 is 0 Å². The van der Waals surface area contributed by atoms with E-state index in [9.17, 15) is 0 Å². The van der Waals surface area contributed by atoms with Gasteiger partial charge in [-0.3, -0.25) is 0 Å². The molecule has 0 aliphatic heterocycles. The first-order valence-electron chi connectivity index (χ1n) is 17.6. The first-order valence-corrected chi connectivity index (χ1v) is 17.6. The zero-order valence-corrected chi connectivity index (χ0v) is 28.2. The van der Waals surface area contributed by atoms with Crippen molar-refractivity contribution in [3.05, 3.63) is 188 Å². The van der Waals surface area contributed by atoms with Gasteiger partial charge in [0, 0.05) is 16.7 Å². The number of hydrogen-bond donors (Lipinski definition) is 0. The van der Waals surface area contributed by atoms with Crippen molar-refractivity contribution in [1.29, 1.82) is 0 Å². The molecule has 0 fully saturated rings. The van der Waals surface area contributed by atoms with Gasteiger partial charge in [-0.2, -0.15) is 0 Å². The lowest BCUT2D eigenvalue weighted by Gasteiger charge is -2.13. The summed E-state index contributed by atoms with van der Waals surface area (Å²) in [5.41, 5.74) is 7.55. The van der Waals surface area contributed by atoms with Crippen LogP contribution in [0.4, 0.5) is 0 Å². The maximum atomic E-state index is 5.16. The Labute approximate surface area is 301 Å². The Morgan fingerprint density at radius 1 is 0.231 bits per heavy atom. The SMILES string of the molecule is c1ccc(-c2ccc(-c3cccc(-c4nc(-c5ccc6ccccc6c5)nc(-c5ccc6c(ccc7ccccc76)c5)n4)c3)c3ccccc23)cc1. The molecule has 0 unspecified atom stereocenters. The molecule has 0 saturated heterocycles. The second-order valence-corrected chi connectivity index (χ2v) is 13.2. The predicted molar refractivity (Wildman–Crippen MR) is 217 cm³/mol. The maximum absolute atomic E-state index is 5.16. The van der Waals surface area contributed by atoms with Crippen LogP contribution < -0.4 is 0 Å². The van der Waals surface area contributed by atoms with Gasteiger partial charge in [-0.05, 0) is 83.5 Å². The molecule has 1 heterocycles. The first kappa shape index (κ1) is 29.9. The van der Waals surface area contributed by atoms with Crippen LogP contribution in [0.3, 0.4) is 0 Å². The second kappa shape index (κ2) is 12.4. The third-order valence-electron chi connectivity index (χ3n) is 10.1. The number of aromatic nitrogens is 3. The van der Waals surface area contributed by atoms with Crippen LogP contribution in [0.1, 0.15) is 0 Å². The van der Waals surface area contributed by atoms with E-state index < -0.39 is 0 Å². The predicted octanol–water partition coefficient (Wildman–Crippen LogP) is 12.8. The summed E-state index contributed by atoms with van der Waals surface area (Å²) in [6, 6.07) is 66.5. The van der Waals surface area contributed by atoms with Crippen LogP contribution in [0, 0.1) is 0 Å². The Hall–Kier alpha value is -6.97. The minimum atomic E-state index is 0.638. The zero-order valence-electron chi connectivity index (χ0n) is 28.2. The average molecular weight is 662 g/mol. The zero-order chi connectivity index (χ0) is 34.4. The van der Waals surface area contributed by atoms with E-state index in [0.717, 1.165) is 33.0 Å². The molecule has 0 amide bonds. The van der Waals surface area contributed by atoms with Gasteiger partial charge in [0.25, 0.3) is 0 Å². The lowest BCUT2D eigenvalue weighted by atomic mass is 9.91. The number of fused-ring (bicyclic) bond motifs is 5. The average Bonchev–Trinajstić information content (AvgIpc) is 3.23. The fraction of sp³-hybridized carbons (Fsp3) is 0. The van der Waals surface area contributed by atoms with Gasteiger partial charge in [0.15, 0.2) is 17.5 Å². The van der Waals surface area contributed by atoms with Gasteiger partial charge in [0.05, 0.1) is 0 Å². The highest BCUT2D eigenvalue weighted by atomic mass is 15.0. The van der Waals surface area contributed by atoms with Crippen LogP contribution in [0.25, 0.3) is 99.5 Å². The summed E-state index contributed by atoms with van der Waals surface area (Å²) in [6.45, 7) is 0. The highest BCUT2D eigenvalue weighted by Gasteiger charge is 2.16. The summed E-state index contributed by atoms with van der Waals surface area (Å²) >= 11 is 0. The van der Waals surface area contributed by atoms with E-state index in [-0.39, 0.29) is 0 Å². The van der Waals surface area contributed by atoms with Crippen molar-refractivity contribution in [3.8, 4) is 56.4 Å². The van der Waals surface area contributed by atoms with Gasteiger partial charge in [0.1, 0.15) is 0 Å². The van der Waals surface area contributed by atoms with Gasteiger partial charge in [0.2, 0.25) is 0 Å². The van der Waals surface area contributed by atoms with Crippen molar-refractivity contribution in [3.63, 3.8) is 0 Å². The molecule has 0 bridgehead atoms. The van der Waals surface area contributed by atoms with Crippen LogP contribution in [-0.2, 0) is 0 Å². The van der Waals surface area contributed by atoms with E-state index in [4.69, 9.17) is 15.0 Å². The minimum absolute atomic E-state index is 0.638. The van der Waals surface area contributed by atoms with Crippen LogP contribution >= 0.6 is 0 Å². The lowest BCUT2D eigenvalue weighted by molar-refractivity contribution is 1.08. The van der Waals surface area contributed by atoms with Crippen LogP contribution in [0.2, 0.25) is 0 Å². The fourth-order valence-corrected chi connectivity index (χ4v) is 7.49. The third kappa shape index (κ3) is 5.28. The second-order valence-electron chi connectivity index (χ2n) is 13.2. The van der Waals surface area contributed by atoms with Crippen molar-refractivity contribution in [2.24, 2.45) is 0 Å². The van der Waals surface area contributed by atoms with Gasteiger partial charge < -0.3 is 0 Å². The van der Waals surface area contributed by atoms with Crippen LogP contribution in [0.15, 0.2) is 188 Å². The molecule has 10 rings (SSSR count). The molecule has 0 saturated carbocycles. The van der Waals surface area contributed by atoms with Crippen molar-refractivity contribution in [2.45, 2.75) is 0 Å². The smallest absolute Gasteiger partial charge is 0.164 e. The molecule has 52 heavy (non-hydrogen) atoms. The molecule has 1 aromatic heterocycles. The summed E-state index contributed by atoms with van der Waals surface area (Å²) < 4.78 is 0. The van der Waals surface area contributed by atoms with Crippen LogP contribution in [-0.4, -0.2) is 15.0 Å². The monoisotopic (exact) mass is 661 g/mol. The molecular formula is C49H31N3. The highest BCUT2D eigenvalue weighted by Crippen LogP contribution is 2.37. The van der Waals surface area contributed by atoms with E-state index in [2.05, 4.69) is 188 Å². The quantitative estimate of drug-likeness (QED) is 0.172. The Kier molecular flexibility index (Phi) is 7.14. The molecule has 0 N–H and O–H groups in total. The molecule has 0 aliphatic carbocycles. The minimum Gasteiger partial charge on any atom is -0.208 e. The largest absolute Gasteiger partial charge is 0.208 e. The summed E-state index contributed by atoms with van der Waals surface area (Å²) in [5.74, 6) is 1.93. The van der Waals surface area contributed by atoms with E-state index in [1.54, 1.807) is 0 Å². The molecule has 0 aliphatic rings. The topological polar surface area (TPSA) is 38.7 Å². The molecule has 10 aromatic rings. The van der Waals surface area contributed by atoms with Crippen molar-refractivity contribution in [1.82, 2.24) is 15.0 Å². The number of rotatable bonds is 5. The summed E-state index contributed by atoms with van der Waals surface area (Å²) in [5, 5.41) is 9.59. The molecule has 9 aromatic carbocycles. The normalized spacial score (nSPS) is 11.5. The lowest BCUT2D eigenvalue weighted by Crippen LogP contribution is -2.00. The molecular weight excluding hydrogens is 631 g/mol. The first-order chi connectivity index (χ1) is 25.7. The third-order valence-corrected chi connectivity index (χ3v) is 10.1. The number of hydrogen-bond acceptors (Lipinski definition) is 3. The van der Waals surface area contributed by atoms with E-state index in [1.165, 1.54) is 49.0 Å². The summed E-state index contributed by atoms with van der Waals surface area (Å²) in [4.78, 5) is 15.4. The Bertz CT molecular complexity index is 2970. The standard InChI is InChI=1S/C49H31N3/c1-2-12-33(13-3-1)42-27-28-44(46-20-9-8-19-45(42)46)36-16-10-17-38(30-36)47-50-48(39-24-21-32-11-4-5-15-35(32)29-39)52-49(51-47)40-25-26-43-37(31-40)23-22-34-14-6-7-18-41(34)43/h1-31H. The fourth-order valence-electron chi connectivity index (χ4n) is 7.49. The van der Waals surface area contributed by atoms with Crippen LogP contribution in [0.5, 0.6) is 0 Å². The maximum Gasteiger partial charge on any atom is 0.164 e. The molecule has 3 heteroatoms. The van der Waals surface area contributed by atoms with Gasteiger partial charge in [-0.25, -0.2) is 15.0 Å². The summed E-state index contributed by atoms with van der Waals surface area (Å²) in [7, 11) is 0. The van der Waals surface area contributed by atoms with E-state index >= 15 is 0 Å². The number of benzene rings is 9. The van der Waals surface area contributed by atoms with Crippen molar-refractivity contribution >= 4 is 43.1 Å². The molecule has 0 spiro atoms. The highest BCUT2D eigenvalue weighted by molar-refractivity contribution is 6.08. The van der Waals surface area contributed by atoms with Gasteiger partial charge in [-0.15, -0.1) is 0 Å². The van der Waals surface area contributed by atoms with Gasteiger partial charge >= 0.3 is 0 Å². The summed E-state index contributed by atoms with van der Waals surface area (Å²) in [6.07, 6.45) is 0. The molecule has 0 atom stereocenters. The molecule has 0 radical (unpaired) electrons. The van der Waals surface area contributed by atoms with E-state index in [1.807, 2.05) is 0 Å². The molecule has 242 valence electrons. The van der Waals surface area contributed by atoms with Crippen molar-refractivity contribution in [2.75, 3.05) is 0 Å².